The van der Waals surface area contributed by atoms with E-state index in [4.69, 9.17) is 0 Å². The monoisotopic (exact) mass is 355 g/mol. The minimum atomic E-state index is -3.87. The maximum absolute atomic E-state index is 11.8. The summed E-state index contributed by atoms with van der Waals surface area (Å²) in [5.74, 6) is -3.23. The topological polar surface area (TPSA) is 121 Å². The van der Waals surface area contributed by atoms with Crippen LogP contribution in [-0.2, 0) is 24.2 Å². The maximum Gasteiger partial charge on any atom is 0.239 e. The normalized spacial score (nSPS) is 10.8. The van der Waals surface area contributed by atoms with Gasteiger partial charge in [0.1, 0.15) is 11.5 Å². The predicted octanol–water partition coefficient (Wildman–Crippen LogP) is -0.399. The van der Waals surface area contributed by atoms with Crippen LogP contribution in [0.3, 0.4) is 0 Å². The van der Waals surface area contributed by atoms with Crippen molar-refractivity contribution in [1.29, 1.82) is 0 Å². The van der Waals surface area contributed by atoms with Crippen molar-refractivity contribution in [3.05, 3.63) is 29.8 Å². The van der Waals surface area contributed by atoms with Crippen molar-refractivity contribution < 1.29 is 22.8 Å². The van der Waals surface area contributed by atoms with E-state index in [0.29, 0.717) is 5.69 Å². The lowest BCUT2D eigenvalue weighted by atomic mass is 10.2. The Morgan fingerprint density at radius 2 is 1.46 bits per heavy atom. The number of rotatable bonds is 8. The highest BCUT2D eigenvalue weighted by molar-refractivity contribution is 7.92. The molecule has 9 heteroatoms. The summed E-state index contributed by atoms with van der Waals surface area (Å²) in [5.41, 5.74) is 1.50. The number of aryl methyl sites for hydroxylation is 1. The summed E-state index contributed by atoms with van der Waals surface area (Å²) in [7, 11) is -3.87. The van der Waals surface area contributed by atoms with E-state index in [1.165, 1.54) is 6.92 Å². The van der Waals surface area contributed by atoms with Gasteiger partial charge in [-0.3, -0.25) is 14.4 Å². The quantitative estimate of drug-likeness (QED) is 0.548. The van der Waals surface area contributed by atoms with E-state index in [1.54, 1.807) is 24.3 Å². The molecule has 8 nitrogen and oxygen atoms in total. The first-order chi connectivity index (χ1) is 11.2. The molecule has 0 atom stereocenters. The Hall–Kier alpha value is -2.42. The zero-order valence-corrected chi connectivity index (χ0v) is 14.4. The summed E-state index contributed by atoms with van der Waals surface area (Å²) in [6, 6.07) is 6.89. The Morgan fingerprint density at radius 1 is 0.917 bits per heavy atom. The van der Waals surface area contributed by atoms with Crippen molar-refractivity contribution in [1.82, 2.24) is 10.6 Å². The van der Waals surface area contributed by atoms with Gasteiger partial charge in [0.15, 0.2) is 9.84 Å². The molecule has 24 heavy (non-hydrogen) atoms. The third kappa shape index (κ3) is 8.28. The fraction of sp³-hybridized carbons (Fsp3) is 0.400. The van der Waals surface area contributed by atoms with Gasteiger partial charge in [0.2, 0.25) is 17.7 Å². The molecule has 3 N–H and O–H groups in total. The molecule has 0 saturated carbocycles. The summed E-state index contributed by atoms with van der Waals surface area (Å²) in [5, 5.41) is 7.28. The van der Waals surface area contributed by atoms with Gasteiger partial charge in [0.05, 0.1) is 0 Å². The zero-order chi connectivity index (χ0) is 18.2. The maximum atomic E-state index is 11.8. The first kappa shape index (κ1) is 19.6. The van der Waals surface area contributed by atoms with E-state index in [0.717, 1.165) is 5.56 Å². The molecule has 0 aliphatic rings. The summed E-state index contributed by atoms with van der Waals surface area (Å²) in [6.07, 6.45) is 0. The molecule has 0 spiro atoms. The molecule has 1 aromatic rings. The number of hydrogen-bond donors (Lipinski definition) is 3. The Morgan fingerprint density at radius 3 is 2.04 bits per heavy atom. The second-order valence-electron chi connectivity index (χ2n) is 5.28. The Kier molecular flexibility index (Phi) is 7.37. The lowest BCUT2D eigenvalue weighted by Crippen LogP contribution is -2.38. The molecule has 1 rings (SSSR count). The molecule has 1 aromatic carbocycles. The fourth-order valence-electron chi connectivity index (χ4n) is 1.78. The van der Waals surface area contributed by atoms with Crippen LogP contribution in [0.1, 0.15) is 12.5 Å². The van der Waals surface area contributed by atoms with Crippen LogP contribution in [0, 0.1) is 6.92 Å². The van der Waals surface area contributed by atoms with Gasteiger partial charge in [0.25, 0.3) is 0 Å². The summed E-state index contributed by atoms with van der Waals surface area (Å²) >= 11 is 0. The molecule has 0 unspecified atom stereocenters. The highest BCUT2D eigenvalue weighted by Crippen LogP contribution is 2.08. The Balaban J connectivity index is 2.41. The number of carbonyl (C=O) groups excluding carboxylic acids is 3. The number of carbonyl (C=O) groups is 3. The van der Waals surface area contributed by atoms with E-state index in [2.05, 4.69) is 16.0 Å². The number of nitrogens with one attached hydrogen (secondary N) is 3. The summed E-state index contributed by atoms with van der Waals surface area (Å²) in [4.78, 5) is 33.9. The van der Waals surface area contributed by atoms with Crippen LogP contribution in [0.4, 0.5) is 5.69 Å². The average Bonchev–Trinajstić information content (AvgIpc) is 2.44. The van der Waals surface area contributed by atoms with Crippen molar-refractivity contribution >= 4 is 33.2 Å². The van der Waals surface area contributed by atoms with Crippen molar-refractivity contribution in [3.63, 3.8) is 0 Å². The molecular formula is C15H21N3O5S. The minimum Gasteiger partial charge on any atom is -0.355 e. The zero-order valence-electron chi connectivity index (χ0n) is 13.6. The molecule has 0 bridgehead atoms. The SMILES string of the molecule is CC(=O)NCCNC(=O)CS(=O)(=O)CC(=O)Nc1ccc(C)cc1. The van der Waals surface area contributed by atoms with Crippen molar-refractivity contribution in [3.8, 4) is 0 Å². The van der Waals surface area contributed by atoms with Gasteiger partial charge in [-0.05, 0) is 19.1 Å². The lowest BCUT2D eigenvalue weighted by Gasteiger charge is -2.08. The first-order valence-electron chi connectivity index (χ1n) is 7.26. The van der Waals surface area contributed by atoms with Crippen LogP contribution in [0.15, 0.2) is 24.3 Å². The third-order valence-electron chi connectivity index (χ3n) is 2.86. The van der Waals surface area contributed by atoms with E-state index >= 15 is 0 Å². The molecule has 0 radical (unpaired) electrons. The van der Waals surface area contributed by atoms with Gasteiger partial charge in [-0.15, -0.1) is 0 Å². The number of sulfone groups is 1. The molecule has 0 heterocycles. The van der Waals surface area contributed by atoms with Gasteiger partial charge < -0.3 is 16.0 Å². The van der Waals surface area contributed by atoms with Crippen molar-refractivity contribution in [2.75, 3.05) is 29.9 Å². The van der Waals surface area contributed by atoms with E-state index in [9.17, 15) is 22.8 Å². The smallest absolute Gasteiger partial charge is 0.239 e. The van der Waals surface area contributed by atoms with Gasteiger partial charge >= 0.3 is 0 Å². The average molecular weight is 355 g/mol. The molecule has 0 saturated heterocycles. The van der Waals surface area contributed by atoms with E-state index in [-0.39, 0.29) is 19.0 Å². The number of hydrogen-bond acceptors (Lipinski definition) is 5. The van der Waals surface area contributed by atoms with Crippen LogP contribution in [0.2, 0.25) is 0 Å². The third-order valence-corrected chi connectivity index (χ3v) is 4.26. The molecule has 0 aromatic heterocycles. The molecule has 3 amide bonds. The number of benzene rings is 1. The highest BCUT2D eigenvalue weighted by atomic mass is 32.2. The molecular weight excluding hydrogens is 334 g/mol. The van der Waals surface area contributed by atoms with Gasteiger partial charge in [-0.1, -0.05) is 17.7 Å². The first-order valence-corrected chi connectivity index (χ1v) is 9.08. The summed E-state index contributed by atoms with van der Waals surface area (Å²) in [6.45, 7) is 3.54. The van der Waals surface area contributed by atoms with E-state index in [1.807, 2.05) is 6.92 Å². The number of anilines is 1. The number of amides is 3. The van der Waals surface area contributed by atoms with Crippen LogP contribution in [-0.4, -0.2) is 50.7 Å². The molecule has 0 aliphatic heterocycles. The minimum absolute atomic E-state index is 0.115. The fourth-order valence-corrected chi connectivity index (χ4v) is 2.85. The van der Waals surface area contributed by atoms with E-state index < -0.39 is 33.2 Å². The Bertz CT molecular complexity index is 698. The van der Waals surface area contributed by atoms with Crippen LogP contribution >= 0.6 is 0 Å². The van der Waals surface area contributed by atoms with Crippen molar-refractivity contribution in [2.45, 2.75) is 13.8 Å². The second kappa shape index (κ2) is 9.02. The Labute approximate surface area is 140 Å². The van der Waals surface area contributed by atoms with Crippen LogP contribution in [0.5, 0.6) is 0 Å². The van der Waals surface area contributed by atoms with Gasteiger partial charge in [-0.2, -0.15) is 0 Å². The summed E-state index contributed by atoms with van der Waals surface area (Å²) < 4.78 is 23.7. The van der Waals surface area contributed by atoms with Crippen molar-refractivity contribution in [2.24, 2.45) is 0 Å². The molecule has 132 valence electrons. The molecule has 0 fully saturated rings. The van der Waals surface area contributed by atoms with Crippen LogP contribution in [0.25, 0.3) is 0 Å². The van der Waals surface area contributed by atoms with Gasteiger partial charge in [0, 0.05) is 25.7 Å². The predicted molar refractivity (Wildman–Crippen MR) is 90.2 cm³/mol. The van der Waals surface area contributed by atoms with Crippen LogP contribution < -0.4 is 16.0 Å². The largest absolute Gasteiger partial charge is 0.355 e. The lowest BCUT2D eigenvalue weighted by molar-refractivity contribution is -0.120. The standard InChI is InChI=1S/C15H21N3O5S/c1-11-3-5-13(6-4-11)18-15(21)10-24(22,23)9-14(20)17-8-7-16-12(2)19/h3-6H,7-10H2,1-2H3,(H,16,19)(H,17,20)(H,18,21). The molecule has 0 aliphatic carbocycles. The highest BCUT2D eigenvalue weighted by Gasteiger charge is 2.20. The van der Waals surface area contributed by atoms with Gasteiger partial charge in [-0.25, -0.2) is 8.42 Å². The second-order valence-corrected chi connectivity index (χ2v) is 7.34.